The van der Waals surface area contributed by atoms with Crippen LogP contribution in [0.3, 0.4) is 0 Å². The molecule has 0 heterocycles. The Balaban J connectivity index is 2.52. The lowest BCUT2D eigenvalue weighted by Gasteiger charge is -2.16. The molecule has 0 saturated heterocycles. The zero-order valence-electron chi connectivity index (χ0n) is 11.0. The van der Waals surface area contributed by atoms with Crippen molar-refractivity contribution in [2.24, 2.45) is 5.92 Å². The molecule has 1 atom stereocenters. The summed E-state index contributed by atoms with van der Waals surface area (Å²) in [5, 5.41) is 2.98. The van der Waals surface area contributed by atoms with Gasteiger partial charge in [-0.25, -0.2) is 0 Å². The van der Waals surface area contributed by atoms with E-state index in [9.17, 15) is 4.79 Å². The Morgan fingerprint density at radius 2 is 1.89 bits per heavy atom. The maximum atomic E-state index is 12.2. The molecule has 0 radical (unpaired) electrons. The molecule has 0 aliphatic rings. The standard InChI is InChI=1S/C15H22ClNO/c1-2-3-8-13(9-7-12-16)15(18)17-14-10-5-4-6-11-14/h4-6,10-11,13H,2-3,7-9,12H2,1H3,(H,17,18)/t13-/m1/s1. The van der Waals surface area contributed by atoms with Crippen LogP contribution in [-0.4, -0.2) is 11.8 Å². The van der Waals surface area contributed by atoms with Crippen molar-refractivity contribution in [3.63, 3.8) is 0 Å². The van der Waals surface area contributed by atoms with Crippen molar-refractivity contribution in [3.05, 3.63) is 30.3 Å². The Hall–Kier alpha value is -1.02. The minimum atomic E-state index is 0.0870. The van der Waals surface area contributed by atoms with Crippen LogP contribution in [0, 0.1) is 5.92 Å². The largest absolute Gasteiger partial charge is 0.326 e. The summed E-state index contributed by atoms with van der Waals surface area (Å²) in [7, 11) is 0. The van der Waals surface area contributed by atoms with E-state index in [4.69, 9.17) is 11.6 Å². The minimum Gasteiger partial charge on any atom is -0.326 e. The lowest BCUT2D eigenvalue weighted by atomic mass is 9.96. The normalized spacial score (nSPS) is 12.1. The van der Waals surface area contributed by atoms with Crippen molar-refractivity contribution in [3.8, 4) is 0 Å². The monoisotopic (exact) mass is 267 g/mol. The molecule has 18 heavy (non-hydrogen) atoms. The average Bonchev–Trinajstić information content (AvgIpc) is 2.40. The molecule has 0 unspecified atom stereocenters. The van der Waals surface area contributed by atoms with Crippen molar-refractivity contribution in [1.82, 2.24) is 0 Å². The first kappa shape index (κ1) is 15.0. The summed E-state index contributed by atoms with van der Waals surface area (Å²) in [5.74, 6) is 0.838. The second kappa shape index (κ2) is 8.98. The minimum absolute atomic E-state index is 0.0870. The van der Waals surface area contributed by atoms with Gasteiger partial charge in [0.1, 0.15) is 0 Å². The van der Waals surface area contributed by atoms with Gasteiger partial charge >= 0.3 is 0 Å². The Kier molecular flexibility index (Phi) is 7.51. The summed E-state index contributed by atoms with van der Waals surface area (Å²) in [6, 6.07) is 9.62. The number of unbranched alkanes of at least 4 members (excludes halogenated alkanes) is 1. The predicted octanol–water partition coefficient (Wildman–Crippen LogP) is 4.45. The fourth-order valence-electron chi connectivity index (χ4n) is 1.95. The Morgan fingerprint density at radius 1 is 1.22 bits per heavy atom. The van der Waals surface area contributed by atoms with Gasteiger partial charge in [0.05, 0.1) is 0 Å². The highest BCUT2D eigenvalue weighted by Crippen LogP contribution is 2.18. The van der Waals surface area contributed by atoms with Gasteiger partial charge in [0.15, 0.2) is 0 Å². The number of nitrogens with one attached hydrogen (secondary N) is 1. The molecule has 1 N–H and O–H groups in total. The Morgan fingerprint density at radius 3 is 2.50 bits per heavy atom. The van der Waals surface area contributed by atoms with Gasteiger partial charge in [-0.1, -0.05) is 38.0 Å². The van der Waals surface area contributed by atoms with Crippen LogP contribution >= 0.6 is 11.6 Å². The van der Waals surface area contributed by atoms with Crippen LogP contribution in [0.1, 0.15) is 39.0 Å². The third-order valence-electron chi connectivity index (χ3n) is 3.00. The maximum Gasteiger partial charge on any atom is 0.227 e. The molecule has 0 aromatic heterocycles. The molecule has 3 heteroatoms. The maximum absolute atomic E-state index is 12.2. The van der Waals surface area contributed by atoms with Gasteiger partial charge in [0, 0.05) is 17.5 Å². The topological polar surface area (TPSA) is 29.1 Å². The highest BCUT2D eigenvalue weighted by molar-refractivity contribution is 6.17. The van der Waals surface area contributed by atoms with Crippen LogP contribution in [-0.2, 0) is 4.79 Å². The number of rotatable bonds is 8. The van der Waals surface area contributed by atoms with E-state index in [0.29, 0.717) is 5.88 Å². The number of halogens is 1. The molecule has 100 valence electrons. The molecular weight excluding hydrogens is 246 g/mol. The summed E-state index contributed by atoms with van der Waals surface area (Å²) < 4.78 is 0. The lowest BCUT2D eigenvalue weighted by molar-refractivity contribution is -0.120. The summed E-state index contributed by atoms with van der Waals surface area (Å²) in [5.41, 5.74) is 0.870. The Labute approximate surface area is 115 Å². The number of para-hydroxylation sites is 1. The van der Waals surface area contributed by atoms with Crippen LogP contribution < -0.4 is 5.32 Å². The van der Waals surface area contributed by atoms with Gasteiger partial charge in [-0.05, 0) is 31.4 Å². The SMILES string of the molecule is CCCC[C@H](CCCCl)C(=O)Nc1ccccc1. The Bertz CT molecular complexity index is 332. The molecular formula is C15H22ClNO. The van der Waals surface area contributed by atoms with E-state index in [-0.39, 0.29) is 11.8 Å². The molecule has 2 nitrogen and oxygen atoms in total. The quantitative estimate of drug-likeness (QED) is 0.693. The number of carbonyl (C=O) groups is 1. The van der Waals surface area contributed by atoms with E-state index in [1.54, 1.807) is 0 Å². The van der Waals surface area contributed by atoms with E-state index < -0.39 is 0 Å². The molecule has 1 amide bonds. The molecule has 0 spiro atoms. The van der Waals surface area contributed by atoms with E-state index >= 15 is 0 Å². The number of amides is 1. The number of benzene rings is 1. The molecule has 0 fully saturated rings. The number of anilines is 1. The van der Waals surface area contributed by atoms with E-state index in [2.05, 4.69) is 12.2 Å². The van der Waals surface area contributed by atoms with Crippen LogP contribution in [0.4, 0.5) is 5.69 Å². The average molecular weight is 268 g/mol. The van der Waals surface area contributed by atoms with Crippen molar-refractivity contribution >= 4 is 23.2 Å². The number of alkyl halides is 1. The predicted molar refractivity (Wildman–Crippen MR) is 78.0 cm³/mol. The van der Waals surface area contributed by atoms with Gasteiger partial charge in [-0.2, -0.15) is 0 Å². The molecule has 1 rings (SSSR count). The van der Waals surface area contributed by atoms with Crippen LogP contribution in [0.15, 0.2) is 30.3 Å². The first-order chi connectivity index (χ1) is 8.77. The van der Waals surface area contributed by atoms with E-state index in [1.165, 1.54) is 0 Å². The number of hydrogen-bond acceptors (Lipinski definition) is 1. The smallest absolute Gasteiger partial charge is 0.227 e. The van der Waals surface area contributed by atoms with Gasteiger partial charge in [0.25, 0.3) is 0 Å². The third kappa shape index (κ3) is 5.54. The number of carbonyl (C=O) groups excluding carboxylic acids is 1. The van der Waals surface area contributed by atoms with Gasteiger partial charge in [0.2, 0.25) is 5.91 Å². The summed E-state index contributed by atoms with van der Waals surface area (Å²) in [6.07, 6.45) is 4.94. The molecule has 0 bridgehead atoms. The number of hydrogen-bond donors (Lipinski definition) is 1. The molecule has 1 aromatic rings. The summed E-state index contributed by atoms with van der Waals surface area (Å²) >= 11 is 5.71. The fourth-order valence-corrected chi connectivity index (χ4v) is 2.10. The first-order valence-corrected chi connectivity index (χ1v) is 7.23. The third-order valence-corrected chi connectivity index (χ3v) is 3.27. The summed E-state index contributed by atoms with van der Waals surface area (Å²) in [6.45, 7) is 2.15. The van der Waals surface area contributed by atoms with Gasteiger partial charge in [-0.3, -0.25) is 4.79 Å². The van der Waals surface area contributed by atoms with Crippen LogP contribution in [0.5, 0.6) is 0 Å². The molecule has 0 aliphatic carbocycles. The van der Waals surface area contributed by atoms with Gasteiger partial charge < -0.3 is 5.32 Å². The van der Waals surface area contributed by atoms with Crippen molar-refractivity contribution in [2.45, 2.75) is 39.0 Å². The van der Waals surface area contributed by atoms with E-state index in [1.807, 2.05) is 30.3 Å². The van der Waals surface area contributed by atoms with Crippen molar-refractivity contribution in [1.29, 1.82) is 0 Å². The molecule has 1 aromatic carbocycles. The summed E-state index contributed by atoms with van der Waals surface area (Å²) in [4.78, 5) is 12.2. The second-order valence-corrected chi connectivity index (χ2v) is 4.90. The van der Waals surface area contributed by atoms with E-state index in [0.717, 1.165) is 37.8 Å². The second-order valence-electron chi connectivity index (χ2n) is 4.53. The molecule has 0 saturated carbocycles. The highest BCUT2D eigenvalue weighted by atomic mass is 35.5. The van der Waals surface area contributed by atoms with Crippen LogP contribution in [0.2, 0.25) is 0 Å². The fraction of sp³-hybridized carbons (Fsp3) is 0.533. The van der Waals surface area contributed by atoms with Crippen molar-refractivity contribution in [2.75, 3.05) is 11.2 Å². The van der Waals surface area contributed by atoms with Crippen LogP contribution in [0.25, 0.3) is 0 Å². The lowest BCUT2D eigenvalue weighted by Crippen LogP contribution is -2.23. The highest BCUT2D eigenvalue weighted by Gasteiger charge is 2.17. The zero-order valence-corrected chi connectivity index (χ0v) is 11.7. The van der Waals surface area contributed by atoms with Gasteiger partial charge in [-0.15, -0.1) is 11.6 Å². The molecule has 0 aliphatic heterocycles. The first-order valence-electron chi connectivity index (χ1n) is 6.69. The zero-order chi connectivity index (χ0) is 13.2. The van der Waals surface area contributed by atoms with Crippen molar-refractivity contribution < 1.29 is 4.79 Å².